The number of esters is 1. The molecule has 6 heteroatoms. The van der Waals surface area contributed by atoms with Gasteiger partial charge < -0.3 is 9.47 Å². The van der Waals surface area contributed by atoms with E-state index in [1.54, 1.807) is 6.08 Å². The molecule has 0 aromatic heterocycles. The molecule has 4 bridgehead atoms. The van der Waals surface area contributed by atoms with Gasteiger partial charge in [0.25, 0.3) is 5.91 Å². The Morgan fingerprint density at radius 2 is 1.62 bits per heavy atom. The molecule has 4 fully saturated rings. The third kappa shape index (κ3) is 4.47. The predicted octanol–water partition coefficient (Wildman–Crippen LogP) is 4.38. The second kappa shape index (κ2) is 9.26. The van der Waals surface area contributed by atoms with E-state index in [-0.39, 0.29) is 23.9 Å². The molecule has 6 rings (SSSR count). The number of ether oxygens (including phenoxy) is 2. The minimum atomic E-state index is -0.372. The summed E-state index contributed by atoms with van der Waals surface area (Å²) < 4.78 is 10.7. The first-order valence-corrected chi connectivity index (χ1v) is 12.1. The molecule has 3 N–H and O–H groups in total. The number of carbonyl (C=O) groups is 2. The molecule has 6 nitrogen and oxygen atoms in total. The average Bonchev–Trinajstić information content (AvgIpc) is 2.85. The van der Waals surface area contributed by atoms with Gasteiger partial charge in [-0.3, -0.25) is 10.2 Å². The molecular formula is C28H32N2O4. The topological polar surface area (TPSA) is 90.6 Å². The van der Waals surface area contributed by atoms with E-state index in [2.05, 4.69) is 34.4 Å². The Balaban J connectivity index is 1.47. The third-order valence-electron chi connectivity index (χ3n) is 7.97. The molecule has 0 heterocycles. The van der Waals surface area contributed by atoms with Crippen LogP contribution in [-0.2, 0) is 19.7 Å². The van der Waals surface area contributed by atoms with Crippen LogP contribution in [0.25, 0.3) is 17.2 Å². The molecule has 0 atom stereocenters. The highest BCUT2D eigenvalue weighted by atomic mass is 16.5. The van der Waals surface area contributed by atoms with Crippen molar-refractivity contribution in [1.29, 1.82) is 0 Å². The van der Waals surface area contributed by atoms with Crippen LogP contribution >= 0.6 is 0 Å². The molecule has 0 radical (unpaired) electrons. The van der Waals surface area contributed by atoms with Crippen molar-refractivity contribution in [2.75, 3.05) is 13.7 Å². The molecule has 178 valence electrons. The largest absolute Gasteiger partial charge is 0.483 e. The van der Waals surface area contributed by atoms with Crippen molar-refractivity contribution in [3.05, 3.63) is 59.7 Å². The Kier molecular flexibility index (Phi) is 6.17. The zero-order valence-corrected chi connectivity index (χ0v) is 19.6. The number of carbonyl (C=O) groups excluding carboxylic acids is 2. The lowest BCUT2D eigenvalue weighted by atomic mass is 9.48. The van der Waals surface area contributed by atoms with Crippen molar-refractivity contribution in [2.45, 2.75) is 43.9 Å². The van der Waals surface area contributed by atoms with E-state index >= 15 is 0 Å². The molecule has 0 aliphatic heterocycles. The summed E-state index contributed by atoms with van der Waals surface area (Å²) in [6.07, 6.45) is 10.9. The molecule has 2 aromatic carbocycles. The summed E-state index contributed by atoms with van der Waals surface area (Å²) in [7, 11) is 1.37. The number of methoxy groups -OCH3 is 1. The van der Waals surface area contributed by atoms with Gasteiger partial charge >= 0.3 is 5.97 Å². The van der Waals surface area contributed by atoms with Crippen molar-refractivity contribution in [3.8, 4) is 16.9 Å². The second-order valence-corrected chi connectivity index (χ2v) is 10.2. The molecular weight excluding hydrogens is 428 g/mol. The number of hydrazine groups is 1. The quantitative estimate of drug-likeness (QED) is 0.210. The number of hydrogen-bond acceptors (Lipinski definition) is 5. The van der Waals surface area contributed by atoms with Gasteiger partial charge in [0.05, 0.1) is 7.11 Å². The monoisotopic (exact) mass is 460 g/mol. The van der Waals surface area contributed by atoms with Gasteiger partial charge in [0.15, 0.2) is 6.61 Å². The number of nitrogens with two attached hydrogens (primary N) is 1. The fraction of sp³-hybridized carbons (Fsp3) is 0.429. The highest BCUT2D eigenvalue weighted by molar-refractivity contribution is 5.87. The van der Waals surface area contributed by atoms with Gasteiger partial charge in [-0.1, -0.05) is 30.3 Å². The van der Waals surface area contributed by atoms with Gasteiger partial charge in [-0.05, 0) is 96.6 Å². The number of amides is 1. The van der Waals surface area contributed by atoms with Crippen LogP contribution in [0.1, 0.15) is 49.7 Å². The molecule has 34 heavy (non-hydrogen) atoms. The molecule has 1 amide bonds. The predicted molar refractivity (Wildman–Crippen MR) is 131 cm³/mol. The SMILES string of the molecule is COC(=O)C=Cc1ccc(-c2ccc(OCC(=O)NN)c(C34CC5CC(CC(C5)C3)C4)c2)cc1. The highest BCUT2D eigenvalue weighted by Gasteiger charge is 2.52. The van der Waals surface area contributed by atoms with Crippen molar-refractivity contribution in [3.63, 3.8) is 0 Å². The van der Waals surface area contributed by atoms with Crippen LogP contribution in [0, 0.1) is 17.8 Å². The lowest BCUT2D eigenvalue weighted by Gasteiger charge is -2.57. The third-order valence-corrected chi connectivity index (χ3v) is 7.97. The molecule has 0 saturated heterocycles. The Labute approximate surface area is 200 Å². The molecule has 2 aromatic rings. The maximum absolute atomic E-state index is 11.8. The molecule has 4 aliphatic rings. The maximum atomic E-state index is 11.8. The van der Waals surface area contributed by atoms with Gasteiger partial charge in [0.2, 0.25) is 0 Å². The Morgan fingerprint density at radius 1 is 1.00 bits per heavy atom. The van der Waals surface area contributed by atoms with Gasteiger partial charge in [0, 0.05) is 11.6 Å². The maximum Gasteiger partial charge on any atom is 0.330 e. The Bertz CT molecular complexity index is 1070. The smallest absolute Gasteiger partial charge is 0.330 e. The summed E-state index contributed by atoms with van der Waals surface area (Å²) in [6.45, 7) is -0.0869. The van der Waals surface area contributed by atoms with Gasteiger partial charge in [-0.15, -0.1) is 0 Å². The van der Waals surface area contributed by atoms with Crippen LogP contribution in [0.3, 0.4) is 0 Å². The van der Waals surface area contributed by atoms with Gasteiger partial charge in [-0.25, -0.2) is 10.6 Å². The summed E-state index contributed by atoms with van der Waals surface area (Å²) in [6, 6.07) is 14.5. The first-order valence-electron chi connectivity index (χ1n) is 12.1. The van der Waals surface area contributed by atoms with Crippen molar-refractivity contribution < 1.29 is 19.1 Å². The van der Waals surface area contributed by atoms with Crippen molar-refractivity contribution in [1.82, 2.24) is 5.43 Å². The normalized spacial score (nSPS) is 27.1. The summed E-state index contributed by atoms with van der Waals surface area (Å²) in [5, 5.41) is 0. The minimum absolute atomic E-state index is 0.0869. The van der Waals surface area contributed by atoms with E-state index in [1.165, 1.54) is 57.3 Å². The molecule has 4 aliphatic carbocycles. The average molecular weight is 461 g/mol. The van der Waals surface area contributed by atoms with E-state index in [0.29, 0.717) is 0 Å². The van der Waals surface area contributed by atoms with E-state index in [9.17, 15) is 9.59 Å². The zero-order chi connectivity index (χ0) is 23.7. The first-order chi connectivity index (χ1) is 16.5. The lowest BCUT2D eigenvalue weighted by Crippen LogP contribution is -2.48. The molecule has 0 spiro atoms. The second-order valence-electron chi connectivity index (χ2n) is 10.2. The summed E-state index contributed by atoms with van der Waals surface area (Å²) in [4.78, 5) is 23.2. The van der Waals surface area contributed by atoms with Crippen molar-refractivity contribution in [2.24, 2.45) is 23.6 Å². The van der Waals surface area contributed by atoms with E-state index in [0.717, 1.165) is 40.2 Å². The zero-order valence-electron chi connectivity index (χ0n) is 19.6. The lowest BCUT2D eigenvalue weighted by molar-refractivity contribution is -0.134. The van der Waals surface area contributed by atoms with Crippen LogP contribution in [0.2, 0.25) is 0 Å². The van der Waals surface area contributed by atoms with E-state index < -0.39 is 0 Å². The number of nitrogens with one attached hydrogen (secondary N) is 1. The Morgan fingerprint density at radius 3 is 2.21 bits per heavy atom. The highest BCUT2D eigenvalue weighted by Crippen LogP contribution is 2.62. The molecule has 0 unspecified atom stereocenters. The summed E-state index contributed by atoms with van der Waals surface area (Å²) >= 11 is 0. The van der Waals surface area contributed by atoms with Crippen LogP contribution in [-0.4, -0.2) is 25.6 Å². The number of hydrogen-bond donors (Lipinski definition) is 2. The van der Waals surface area contributed by atoms with Crippen LogP contribution < -0.4 is 16.0 Å². The molecule has 4 saturated carbocycles. The number of benzene rings is 2. The van der Waals surface area contributed by atoms with E-state index in [1.807, 2.05) is 18.2 Å². The van der Waals surface area contributed by atoms with Crippen molar-refractivity contribution >= 4 is 18.0 Å². The van der Waals surface area contributed by atoms with E-state index in [4.69, 9.17) is 10.6 Å². The Hall–Kier alpha value is -3.12. The fourth-order valence-corrected chi connectivity index (χ4v) is 6.89. The van der Waals surface area contributed by atoms with Crippen LogP contribution in [0.5, 0.6) is 5.75 Å². The first kappa shape index (κ1) is 22.7. The van der Waals surface area contributed by atoms with Gasteiger partial charge in [-0.2, -0.15) is 0 Å². The summed E-state index contributed by atoms with van der Waals surface area (Å²) in [5.41, 5.74) is 6.69. The standard InChI is InChI=1S/C28H32N2O4/c1-33-27(32)9-4-18-2-5-22(6-3-18)23-7-8-25(34-17-26(31)30-29)24(13-23)28-14-19-10-20(15-28)12-21(11-19)16-28/h2-9,13,19-21H,10-12,14-17,29H2,1H3,(H,30,31). The van der Waals surface area contributed by atoms with Crippen LogP contribution in [0.4, 0.5) is 0 Å². The minimum Gasteiger partial charge on any atom is -0.483 e. The van der Waals surface area contributed by atoms with Gasteiger partial charge in [0.1, 0.15) is 5.75 Å². The number of rotatable bonds is 7. The fourth-order valence-electron chi connectivity index (χ4n) is 6.89. The van der Waals surface area contributed by atoms with Crippen LogP contribution in [0.15, 0.2) is 48.5 Å². The summed E-state index contributed by atoms with van der Waals surface area (Å²) in [5.74, 6) is 7.76.